The first-order valence-electron chi connectivity index (χ1n) is 4.91. The number of nitrogens with two attached hydrogens (primary N) is 1. The van der Waals surface area contributed by atoms with Gasteiger partial charge in [0.25, 0.3) is 0 Å². The van der Waals surface area contributed by atoms with Crippen LogP contribution in [0.5, 0.6) is 0 Å². The van der Waals surface area contributed by atoms with Gasteiger partial charge in [0, 0.05) is 7.05 Å². The molecule has 0 aromatic heterocycles. The van der Waals surface area contributed by atoms with E-state index in [1.54, 1.807) is 5.01 Å². The molecule has 0 fully saturated rings. The van der Waals surface area contributed by atoms with Crippen molar-refractivity contribution in [3.63, 3.8) is 0 Å². The molecule has 0 bridgehead atoms. The van der Waals surface area contributed by atoms with E-state index in [-0.39, 0.29) is 0 Å². The number of rotatable bonds is 2. The minimum absolute atomic E-state index is 1.01. The number of hydrogen-bond donors (Lipinski definition) is 1. The Morgan fingerprint density at radius 2 is 1.53 bits per heavy atom. The van der Waals surface area contributed by atoms with Gasteiger partial charge >= 0.3 is 0 Å². The number of benzene rings is 2. The van der Waals surface area contributed by atoms with Crippen molar-refractivity contribution >= 4 is 5.69 Å². The van der Waals surface area contributed by atoms with Crippen LogP contribution < -0.4 is 10.9 Å². The fourth-order valence-electron chi connectivity index (χ4n) is 1.54. The minimum atomic E-state index is 1.01. The summed E-state index contributed by atoms with van der Waals surface area (Å²) in [5.41, 5.74) is 3.41. The van der Waals surface area contributed by atoms with Crippen LogP contribution in [0.2, 0.25) is 0 Å². The van der Waals surface area contributed by atoms with Gasteiger partial charge in [-0.15, -0.1) is 0 Å². The van der Waals surface area contributed by atoms with E-state index < -0.39 is 0 Å². The standard InChI is InChI=1S/C13H14N2/c1-15(14)13-9-5-8-12(10-13)11-6-3-2-4-7-11/h2-10H,14H2,1H3. The van der Waals surface area contributed by atoms with Crippen LogP contribution >= 0.6 is 0 Å². The van der Waals surface area contributed by atoms with Gasteiger partial charge in [-0.1, -0.05) is 42.5 Å². The van der Waals surface area contributed by atoms with Crippen molar-refractivity contribution in [2.24, 2.45) is 5.84 Å². The van der Waals surface area contributed by atoms with Gasteiger partial charge in [0.15, 0.2) is 0 Å². The van der Waals surface area contributed by atoms with Crippen LogP contribution in [0.1, 0.15) is 0 Å². The third kappa shape index (κ3) is 2.17. The molecule has 2 heteroatoms. The second kappa shape index (κ2) is 4.15. The number of nitrogens with zero attached hydrogens (tertiary/aromatic N) is 1. The zero-order chi connectivity index (χ0) is 10.7. The molecule has 2 aromatic rings. The third-order valence-electron chi connectivity index (χ3n) is 2.36. The van der Waals surface area contributed by atoms with E-state index in [9.17, 15) is 0 Å². The van der Waals surface area contributed by atoms with Crippen LogP contribution in [0.3, 0.4) is 0 Å². The summed E-state index contributed by atoms with van der Waals surface area (Å²) in [6, 6.07) is 18.4. The van der Waals surface area contributed by atoms with Gasteiger partial charge in [-0.25, -0.2) is 5.84 Å². The van der Waals surface area contributed by atoms with Crippen molar-refractivity contribution in [2.75, 3.05) is 12.1 Å². The average Bonchev–Trinajstić information content (AvgIpc) is 2.30. The zero-order valence-electron chi connectivity index (χ0n) is 8.72. The molecule has 0 saturated carbocycles. The molecule has 0 aliphatic rings. The molecule has 0 spiro atoms. The highest BCUT2D eigenvalue weighted by Crippen LogP contribution is 2.22. The molecule has 0 amide bonds. The van der Waals surface area contributed by atoms with Gasteiger partial charge in [-0.05, 0) is 23.3 Å². The maximum absolute atomic E-state index is 5.69. The summed E-state index contributed by atoms with van der Waals surface area (Å²) in [5.74, 6) is 5.69. The van der Waals surface area contributed by atoms with Crippen LogP contribution in [0.4, 0.5) is 5.69 Å². The molecule has 0 unspecified atom stereocenters. The van der Waals surface area contributed by atoms with Crippen LogP contribution in [0.15, 0.2) is 54.6 Å². The molecule has 0 aliphatic heterocycles. The molecule has 2 rings (SSSR count). The van der Waals surface area contributed by atoms with Crippen LogP contribution in [-0.2, 0) is 0 Å². The molecule has 76 valence electrons. The van der Waals surface area contributed by atoms with Crippen molar-refractivity contribution in [3.05, 3.63) is 54.6 Å². The third-order valence-corrected chi connectivity index (χ3v) is 2.36. The zero-order valence-corrected chi connectivity index (χ0v) is 8.72. The SMILES string of the molecule is CN(N)c1cccc(-c2ccccc2)c1. The van der Waals surface area contributed by atoms with Gasteiger partial charge in [0.05, 0.1) is 5.69 Å². The quantitative estimate of drug-likeness (QED) is 0.593. The fraction of sp³-hybridized carbons (Fsp3) is 0.0769. The van der Waals surface area contributed by atoms with Crippen LogP contribution in [-0.4, -0.2) is 7.05 Å². The summed E-state index contributed by atoms with van der Waals surface area (Å²) < 4.78 is 0. The molecule has 2 nitrogen and oxygen atoms in total. The number of hydrazine groups is 1. The molecule has 15 heavy (non-hydrogen) atoms. The molecule has 0 heterocycles. The van der Waals surface area contributed by atoms with Gasteiger partial charge in [0.2, 0.25) is 0 Å². The second-order valence-electron chi connectivity index (χ2n) is 3.53. The maximum atomic E-state index is 5.69. The lowest BCUT2D eigenvalue weighted by atomic mass is 10.1. The van der Waals surface area contributed by atoms with Gasteiger partial charge in [-0.2, -0.15) is 0 Å². The van der Waals surface area contributed by atoms with E-state index in [4.69, 9.17) is 5.84 Å². The molecular formula is C13H14N2. The summed E-state index contributed by atoms with van der Waals surface area (Å²) in [6.07, 6.45) is 0. The van der Waals surface area contributed by atoms with E-state index in [1.165, 1.54) is 11.1 Å². The van der Waals surface area contributed by atoms with Gasteiger partial charge in [0.1, 0.15) is 0 Å². The Labute approximate surface area is 89.9 Å². The van der Waals surface area contributed by atoms with Crippen LogP contribution in [0.25, 0.3) is 11.1 Å². The fourth-order valence-corrected chi connectivity index (χ4v) is 1.54. The first-order chi connectivity index (χ1) is 7.27. The number of anilines is 1. The lowest BCUT2D eigenvalue weighted by Crippen LogP contribution is -2.24. The van der Waals surface area contributed by atoms with E-state index in [0.29, 0.717) is 0 Å². The lowest BCUT2D eigenvalue weighted by molar-refractivity contribution is 1.02. The average molecular weight is 198 g/mol. The highest BCUT2D eigenvalue weighted by molar-refractivity contribution is 5.68. The highest BCUT2D eigenvalue weighted by atomic mass is 15.4. The Morgan fingerprint density at radius 3 is 2.20 bits per heavy atom. The van der Waals surface area contributed by atoms with Crippen molar-refractivity contribution in [1.29, 1.82) is 0 Å². The normalized spacial score (nSPS) is 10.0. The summed E-state index contributed by atoms with van der Waals surface area (Å²) in [4.78, 5) is 0. The van der Waals surface area contributed by atoms with Crippen molar-refractivity contribution in [1.82, 2.24) is 0 Å². The largest absolute Gasteiger partial charge is 0.314 e. The highest BCUT2D eigenvalue weighted by Gasteiger charge is 1.99. The van der Waals surface area contributed by atoms with E-state index in [0.717, 1.165) is 5.69 Å². The summed E-state index contributed by atoms with van der Waals surface area (Å²) in [6.45, 7) is 0. The molecule has 0 atom stereocenters. The summed E-state index contributed by atoms with van der Waals surface area (Å²) >= 11 is 0. The van der Waals surface area contributed by atoms with Crippen molar-refractivity contribution < 1.29 is 0 Å². The van der Waals surface area contributed by atoms with E-state index >= 15 is 0 Å². The van der Waals surface area contributed by atoms with Crippen molar-refractivity contribution in [3.8, 4) is 11.1 Å². The summed E-state index contributed by atoms with van der Waals surface area (Å²) in [7, 11) is 1.84. The van der Waals surface area contributed by atoms with E-state index in [2.05, 4.69) is 24.3 Å². The second-order valence-corrected chi connectivity index (χ2v) is 3.53. The van der Waals surface area contributed by atoms with Crippen LogP contribution in [0, 0.1) is 0 Å². The first kappa shape index (κ1) is 9.74. The monoisotopic (exact) mass is 198 g/mol. The first-order valence-corrected chi connectivity index (χ1v) is 4.91. The molecule has 0 aliphatic carbocycles. The molecular weight excluding hydrogens is 184 g/mol. The molecule has 0 saturated heterocycles. The van der Waals surface area contributed by atoms with Crippen molar-refractivity contribution in [2.45, 2.75) is 0 Å². The Bertz CT molecular complexity index is 435. The number of hydrogen-bond acceptors (Lipinski definition) is 2. The molecule has 2 aromatic carbocycles. The lowest BCUT2D eigenvalue weighted by Gasteiger charge is -2.13. The maximum Gasteiger partial charge on any atom is 0.0520 e. The predicted molar refractivity (Wildman–Crippen MR) is 64.5 cm³/mol. The Kier molecular flexibility index (Phi) is 2.70. The van der Waals surface area contributed by atoms with Gasteiger partial charge < -0.3 is 5.01 Å². The smallest absolute Gasteiger partial charge is 0.0520 e. The minimum Gasteiger partial charge on any atom is -0.314 e. The molecule has 0 radical (unpaired) electrons. The Morgan fingerprint density at radius 1 is 0.867 bits per heavy atom. The predicted octanol–water partition coefficient (Wildman–Crippen LogP) is 2.66. The van der Waals surface area contributed by atoms with E-state index in [1.807, 2.05) is 37.4 Å². The van der Waals surface area contributed by atoms with Gasteiger partial charge in [-0.3, -0.25) is 0 Å². The Hall–Kier alpha value is -1.80. The topological polar surface area (TPSA) is 29.3 Å². The Balaban J connectivity index is 2.42. The summed E-state index contributed by atoms with van der Waals surface area (Å²) in [5, 5.41) is 1.62. The molecule has 2 N–H and O–H groups in total.